The largest absolute Gasteiger partial charge is 0.472 e. The molecule has 0 fully saturated rings. The number of phosphoric ester groups is 1. The SMILES string of the molecule is CCOP(=O)(O)OCCOC(=O)C(C)C. The summed E-state index contributed by atoms with van der Waals surface area (Å²) in [5.41, 5.74) is 0. The van der Waals surface area contributed by atoms with Crippen molar-refractivity contribution in [2.24, 2.45) is 5.92 Å². The fourth-order valence-corrected chi connectivity index (χ4v) is 1.37. The highest BCUT2D eigenvalue weighted by molar-refractivity contribution is 7.47. The van der Waals surface area contributed by atoms with Gasteiger partial charge in [-0.2, -0.15) is 0 Å². The van der Waals surface area contributed by atoms with Gasteiger partial charge in [-0.3, -0.25) is 13.8 Å². The number of hydrogen-bond acceptors (Lipinski definition) is 5. The van der Waals surface area contributed by atoms with Crippen molar-refractivity contribution < 1.29 is 28.0 Å². The molecule has 0 aliphatic heterocycles. The highest BCUT2D eigenvalue weighted by Crippen LogP contribution is 2.42. The molecule has 15 heavy (non-hydrogen) atoms. The lowest BCUT2D eigenvalue weighted by molar-refractivity contribution is -0.148. The molecule has 0 aliphatic rings. The van der Waals surface area contributed by atoms with Gasteiger partial charge in [-0.05, 0) is 6.92 Å². The first-order valence-electron chi connectivity index (χ1n) is 4.67. The van der Waals surface area contributed by atoms with E-state index in [1.54, 1.807) is 20.8 Å². The predicted molar refractivity (Wildman–Crippen MR) is 53.2 cm³/mol. The molecular weight excluding hydrogens is 223 g/mol. The van der Waals surface area contributed by atoms with Crippen molar-refractivity contribution in [2.75, 3.05) is 19.8 Å². The molecule has 0 radical (unpaired) electrons. The fraction of sp³-hybridized carbons (Fsp3) is 0.875. The first kappa shape index (κ1) is 14.6. The minimum atomic E-state index is -3.97. The minimum absolute atomic E-state index is 0.0609. The van der Waals surface area contributed by atoms with Crippen molar-refractivity contribution in [3.05, 3.63) is 0 Å². The van der Waals surface area contributed by atoms with Crippen LogP contribution in [-0.4, -0.2) is 30.7 Å². The van der Waals surface area contributed by atoms with Gasteiger partial charge in [0.2, 0.25) is 0 Å². The summed E-state index contributed by atoms with van der Waals surface area (Å²) in [6.45, 7) is 4.83. The Hall–Kier alpha value is -0.420. The Kier molecular flexibility index (Phi) is 6.76. The molecule has 1 N–H and O–H groups in total. The number of hydrogen-bond donors (Lipinski definition) is 1. The topological polar surface area (TPSA) is 82.1 Å². The third-order valence-corrected chi connectivity index (χ3v) is 2.44. The zero-order valence-electron chi connectivity index (χ0n) is 9.13. The standard InChI is InChI=1S/C8H17O6P/c1-4-13-15(10,11)14-6-5-12-8(9)7(2)3/h7H,4-6H2,1-3H3,(H,10,11). The van der Waals surface area contributed by atoms with Gasteiger partial charge in [0.15, 0.2) is 0 Å². The summed E-state index contributed by atoms with van der Waals surface area (Å²) in [6, 6.07) is 0. The van der Waals surface area contributed by atoms with Gasteiger partial charge in [0.05, 0.1) is 19.1 Å². The molecule has 1 unspecified atom stereocenters. The smallest absolute Gasteiger partial charge is 0.463 e. The first-order valence-corrected chi connectivity index (χ1v) is 6.17. The zero-order chi connectivity index (χ0) is 11.9. The molecule has 0 rings (SSSR count). The van der Waals surface area contributed by atoms with E-state index in [-0.39, 0.29) is 31.7 Å². The van der Waals surface area contributed by atoms with Crippen LogP contribution in [0.1, 0.15) is 20.8 Å². The van der Waals surface area contributed by atoms with Gasteiger partial charge in [-0.1, -0.05) is 13.8 Å². The van der Waals surface area contributed by atoms with Crippen LogP contribution in [0.2, 0.25) is 0 Å². The molecule has 7 heteroatoms. The Bertz CT molecular complexity index is 239. The Morgan fingerprint density at radius 1 is 1.33 bits per heavy atom. The van der Waals surface area contributed by atoms with Crippen molar-refractivity contribution in [1.82, 2.24) is 0 Å². The van der Waals surface area contributed by atoms with Gasteiger partial charge in [0, 0.05) is 0 Å². The summed E-state index contributed by atoms with van der Waals surface area (Å²) in [5, 5.41) is 0. The van der Waals surface area contributed by atoms with E-state index >= 15 is 0 Å². The monoisotopic (exact) mass is 240 g/mol. The maximum atomic E-state index is 11.0. The molecule has 0 spiro atoms. The first-order chi connectivity index (χ1) is 6.89. The molecular formula is C8H17O6P. The second-order valence-electron chi connectivity index (χ2n) is 3.04. The molecule has 0 saturated carbocycles. The van der Waals surface area contributed by atoms with Crippen LogP contribution in [0.3, 0.4) is 0 Å². The zero-order valence-corrected chi connectivity index (χ0v) is 10.0. The Labute approximate surface area is 89.1 Å². The fourth-order valence-electron chi connectivity index (χ4n) is 0.662. The van der Waals surface area contributed by atoms with E-state index < -0.39 is 7.82 Å². The molecule has 1 atom stereocenters. The van der Waals surface area contributed by atoms with E-state index in [2.05, 4.69) is 9.05 Å². The third kappa shape index (κ3) is 7.50. The van der Waals surface area contributed by atoms with Crippen LogP contribution < -0.4 is 0 Å². The van der Waals surface area contributed by atoms with Crippen LogP contribution in [0.5, 0.6) is 0 Å². The number of carbonyl (C=O) groups excluding carboxylic acids is 1. The maximum Gasteiger partial charge on any atom is 0.472 e. The molecule has 6 nitrogen and oxygen atoms in total. The van der Waals surface area contributed by atoms with Gasteiger partial charge in [0.25, 0.3) is 0 Å². The molecule has 0 saturated heterocycles. The van der Waals surface area contributed by atoms with E-state index in [0.717, 1.165) is 0 Å². The summed E-state index contributed by atoms with van der Waals surface area (Å²) < 4.78 is 24.6. The molecule has 0 aromatic carbocycles. The average molecular weight is 240 g/mol. The molecule has 0 bridgehead atoms. The van der Waals surface area contributed by atoms with E-state index in [1.165, 1.54) is 0 Å². The lowest BCUT2D eigenvalue weighted by Gasteiger charge is -2.11. The highest BCUT2D eigenvalue weighted by atomic mass is 31.2. The number of esters is 1. The van der Waals surface area contributed by atoms with Crippen molar-refractivity contribution >= 4 is 13.8 Å². The Balaban J connectivity index is 3.63. The lowest BCUT2D eigenvalue weighted by atomic mass is 10.2. The van der Waals surface area contributed by atoms with Crippen LogP contribution in [0, 0.1) is 5.92 Å². The van der Waals surface area contributed by atoms with Gasteiger partial charge in [-0.15, -0.1) is 0 Å². The second kappa shape index (κ2) is 6.95. The molecule has 0 amide bonds. The Morgan fingerprint density at radius 2 is 1.93 bits per heavy atom. The van der Waals surface area contributed by atoms with Crippen molar-refractivity contribution in [1.29, 1.82) is 0 Å². The highest BCUT2D eigenvalue weighted by Gasteiger charge is 2.19. The molecule has 90 valence electrons. The molecule has 0 aromatic rings. The molecule has 0 aliphatic carbocycles. The predicted octanol–water partition coefficient (Wildman–Crippen LogP) is 1.34. The number of ether oxygens (including phenoxy) is 1. The molecule has 0 aromatic heterocycles. The number of carbonyl (C=O) groups is 1. The van der Waals surface area contributed by atoms with Gasteiger partial charge in [-0.25, -0.2) is 4.57 Å². The third-order valence-electron chi connectivity index (χ3n) is 1.35. The van der Waals surface area contributed by atoms with E-state index in [0.29, 0.717) is 0 Å². The maximum absolute atomic E-state index is 11.0. The van der Waals surface area contributed by atoms with Crippen LogP contribution in [0.25, 0.3) is 0 Å². The van der Waals surface area contributed by atoms with Gasteiger partial charge < -0.3 is 9.63 Å². The van der Waals surface area contributed by atoms with Crippen LogP contribution >= 0.6 is 7.82 Å². The molecule has 0 heterocycles. The quantitative estimate of drug-likeness (QED) is 0.411. The number of phosphoric acid groups is 1. The van der Waals surface area contributed by atoms with Crippen molar-refractivity contribution in [3.8, 4) is 0 Å². The Morgan fingerprint density at radius 3 is 2.40 bits per heavy atom. The van der Waals surface area contributed by atoms with Gasteiger partial charge in [0.1, 0.15) is 6.61 Å². The van der Waals surface area contributed by atoms with Crippen molar-refractivity contribution in [2.45, 2.75) is 20.8 Å². The summed E-state index contributed by atoms with van der Waals surface area (Å²) in [5.74, 6) is -0.597. The lowest BCUT2D eigenvalue weighted by Crippen LogP contribution is -2.15. The summed E-state index contributed by atoms with van der Waals surface area (Å²) in [7, 11) is -3.97. The van der Waals surface area contributed by atoms with Crippen LogP contribution in [0.4, 0.5) is 0 Å². The van der Waals surface area contributed by atoms with Crippen LogP contribution in [-0.2, 0) is 23.1 Å². The summed E-state index contributed by atoms with van der Waals surface area (Å²) in [6.07, 6.45) is 0. The van der Waals surface area contributed by atoms with E-state index in [9.17, 15) is 9.36 Å². The minimum Gasteiger partial charge on any atom is -0.463 e. The average Bonchev–Trinajstić information content (AvgIpc) is 2.11. The van der Waals surface area contributed by atoms with Crippen LogP contribution in [0.15, 0.2) is 0 Å². The van der Waals surface area contributed by atoms with E-state index in [1.807, 2.05) is 0 Å². The second-order valence-corrected chi connectivity index (χ2v) is 4.50. The normalized spacial score (nSPS) is 15.0. The van der Waals surface area contributed by atoms with E-state index in [4.69, 9.17) is 9.63 Å². The number of rotatable bonds is 7. The van der Waals surface area contributed by atoms with Crippen molar-refractivity contribution in [3.63, 3.8) is 0 Å². The summed E-state index contributed by atoms with van der Waals surface area (Å²) in [4.78, 5) is 19.9. The summed E-state index contributed by atoms with van der Waals surface area (Å²) >= 11 is 0. The van der Waals surface area contributed by atoms with Gasteiger partial charge >= 0.3 is 13.8 Å².